The van der Waals surface area contributed by atoms with Crippen LogP contribution in [0, 0.1) is 0 Å². The maximum Gasteiger partial charge on any atom is 0.347 e. The number of benzene rings is 1. The summed E-state index contributed by atoms with van der Waals surface area (Å²) in [5.74, 6) is -0.638. The van der Waals surface area contributed by atoms with Gasteiger partial charge in [0.1, 0.15) is 12.4 Å². The highest BCUT2D eigenvalue weighted by Gasteiger charge is 2.32. The van der Waals surface area contributed by atoms with E-state index in [9.17, 15) is 14.4 Å². The minimum Gasteiger partial charge on any atom is -0.479 e. The van der Waals surface area contributed by atoms with Crippen molar-refractivity contribution in [2.45, 2.75) is 39.3 Å². The summed E-state index contributed by atoms with van der Waals surface area (Å²) in [7, 11) is 0. The maximum atomic E-state index is 12.3. The van der Waals surface area contributed by atoms with E-state index in [1.807, 2.05) is 13.0 Å². The molecule has 2 rings (SSSR count). The third-order valence-corrected chi connectivity index (χ3v) is 3.89. The summed E-state index contributed by atoms with van der Waals surface area (Å²) in [5, 5.41) is 5.18. The van der Waals surface area contributed by atoms with Gasteiger partial charge in [0, 0.05) is 0 Å². The van der Waals surface area contributed by atoms with Crippen LogP contribution in [0.25, 0.3) is 0 Å². The van der Waals surface area contributed by atoms with Crippen LogP contribution in [0.3, 0.4) is 0 Å². The first-order valence-corrected chi connectivity index (χ1v) is 8.82. The summed E-state index contributed by atoms with van der Waals surface area (Å²) < 4.78 is 15.8. The molecule has 8 nitrogen and oxygen atoms in total. The van der Waals surface area contributed by atoms with Crippen molar-refractivity contribution in [3.05, 3.63) is 41.6 Å². The average Bonchev–Trinajstić information content (AvgIpc) is 2.66. The molecule has 0 aromatic heterocycles. The standard InChI is InChI=1S/C19H24N2O6/c1-4-14-16(18(23)25-5-2)15(21-19(24)20-14)11-26-17(22)12(3)27-13-9-7-6-8-10-13/h6-10,12,14H,4-5,11H2,1-3H3,(H2,20,21,24)/t12-,14-/m0/s1. The Bertz CT molecular complexity index is 716. The van der Waals surface area contributed by atoms with Crippen LogP contribution in [-0.2, 0) is 19.1 Å². The topological polar surface area (TPSA) is 103 Å². The molecule has 2 amide bonds. The average molecular weight is 376 g/mol. The van der Waals surface area contributed by atoms with Gasteiger partial charge in [-0.1, -0.05) is 25.1 Å². The Labute approximate surface area is 157 Å². The van der Waals surface area contributed by atoms with Crippen LogP contribution in [0.15, 0.2) is 41.6 Å². The minimum atomic E-state index is -0.849. The van der Waals surface area contributed by atoms with Crippen molar-refractivity contribution >= 4 is 18.0 Å². The Morgan fingerprint density at radius 1 is 1.15 bits per heavy atom. The number of esters is 2. The van der Waals surface area contributed by atoms with Crippen molar-refractivity contribution in [1.29, 1.82) is 0 Å². The van der Waals surface area contributed by atoms with Gasteiger partial charge in [0.2, 0.25) is 0 Å². The van der Waals surface area contributed by atoms with Gasteiger partial charge < -0.3 is 24.8 Å². The van der Waals surface area contributed by atoms with Crippen molar-refractivity contribution in [2.75, 3.05) is 13.2 Å². The van der Waals surface area contributed by atoms with Gasteiger partial charge in [-0.25, -0.2) is 14.4 Å². The molecule has 1 aliphatic heterocycles. The van der Waals surface area contributed by atoms with Gasteiger partial charge in [0.05, 0.1) is 23.9 Å². The number of ether oxygens (including phenoxy) is 3. The van der Waals surface area contributed by atoms with E-state index in [1.165, 1.54) is 0 Å². The first-order valence-electron chi connectivity index (χ1n) is 8.82. The van der Waals surface area contributed by atoms with Crippen LogP contribution in [0.5, 0.6) is 5.75 Å². The third-order valence-electron chi connectivity index (χ3n) is 3.89. The lowest BCUT2D eigenvalue weighted by atomic mass is 10.0. The smallest absolute Gasteiger partial charge is 0.347 e. The zero-order chi connectivity index (χ0) is 19.8. The number of para-hydroxylation sites is 1. The van der Waals surface area contributed by atoms with Crippen LogP contribution in [0.4, 0.5) is 4.79 Å². The second-order valence-corrected chi connectivity index (χ2v) is 5.85. The normalized spacial score (nSPS) is 17.4. The number of carbonyl (C=O) groups is 3. The quantitative estimate of drug-likeness (QED) is 0.672. The van der Waals surface area contributed by atoms with E-state index in [2.05, 4.69) is 10.6 Å². The molecule has 146 valence electrons. The lowest BCUT2D eigenvalue weighted by molar-refractivity contribution is -0.150. The van der Waals surface area contributed by atoms with Gasteiger partial charge in [-0.15, -0.1) is 0 Å². The van der Waals surface area contributed by atoms with Gasteiger partial charge in [-0.05, 0) is 32.4 Å². The molecule has 0 unspecified atom stereocenters. The van der Waals surface area contributed by atoms with Crippen molar-refractivity contribution in [2.24, 2.45) is 0 Å². The molecule has 0 bridgehead atoms. The minimum absolute atomic E-state index is 0.196. The molecule has 1 aliphatic rings. The van der Waals surface area contributed by atoms with E-state index in [4.69, 9.17) is 14.2 Å². The molecule has 8 heteroatoms. The number of hydrogen-bond donors (Lipinski definition) is 2. The van der Waals surface area contributed by atoms with Crippen LogP contribution < -0.4 is 15.4 Å². The zero-order valence-electron chi connectivity index (χ0n) is 15.6. The highest BCUT2D eigenvalue weighted by atomic mass is 16.6. The Morgan fingerprint density at radius 3 is 2.48 bits per heavy atom. The molecule has 0 aliphatic carbocycles. The Balaban J connectivity index is 2.08. The lowest BCUT2D eigenvalue weighted by Crippen LogP contribution is -2.51. The Kier molecular flexibility index (Phi) is 7.22. The molecule has 2 N–H and O–H groups in total. The Hall–Kier alpha value is -3.03. The zero-order valence-corrected chi connectivity index (χ0v) is 15.6. The first kappa shape index (κ1) is 20.3. The molecule has 0 spiro atoms. The van der Waals surface area contributed by atoms with Crippen LogP contribution in [-0.4, -0.2) is 43.3 Å². The molecular weight excluding hydrogens is 352 g/mol. The van der Waals surface area contributed by atoms with E-state index in [0.717, 1.165) is 0 Å². The summed E-state index contributed by atoms with van der Waals surface area (Å²) in [6.45, 7) is 5.01. The van der Waals surface area contributed by atoms with Crippen molar-refractivity contribution < 1.29 is 28.6 Å². The first-order chi connectivity index (χ1) is 13.0. The van der Waals surface area contributed by atoms with E-state index in [1.54, 1.807) is 38.1 Å². The second kappa shape index (κ2) is 9.61. The summed E-state index contributed by atoms with van der Waals surface area (Å²) in [4.78, 5) is 36.3. The molecule has 0 saturated carbocycles. The van der Waals surface area contributed by atoms with Crippen molar-refractivity contribution in [3.63, 3.8) is 0 Å². The van der Waals surface area contributed by atoms with Gasteiger partial charge in [0.15, 0.2) is 6.10 Å². The third kappa shape index (κ3) is 5.47. The highest BCUT2D eigenvalue weighted by molar-refractivity contribution is 5.95. The molecule has 1 aromatic carbocycles. The largest absolute Gasteiger partial charge is 0.479 e. The molecule has 27 heavy (non-hydrogen) atoms. The molecule has 0 fully saturated rings. The van der Waals surface area contributed by atoms with E-state index < -0.39 is 30.1 Å². The monoisotopic (exact) mass is 376 g/mol. The number of amides is 2. The molecule has 0 radical (unpaired) electrons. The van der Waals surface area contributed by atoms with Crippen molar-refractivity contribution in [1.82, 2.24) is 10.6 Å². The predicted octanol–water partition coefficient (Wildman–Crippen LogP) is 1.91. The number of urea groups is 1. The number of hydrogen-bond acceptors (Lipinski definition) is 6. The summed E-state index contributed by atoms with van der Waals surface area (Å²) >= 11 is 0. The molecule has 2 atom stereocenters. The fraction of sp³-hybridized carbons (Fsp3) is 0.421. The predicted molar refractivity (Wildman–Crippen MR) is 96.9 cm³/mol. The van der Waals surface area contributed by atoms with Gasteiger partial charge in [-0.2, -0.15) is 0 Å². The van der Waals surface area contributed by atoms with Crippen LogP contribution in [0.2, 0.25) is 0 Å². The number of carbonyl (C=O) groups excluding carboxylic acids is 3. The summed E-state index contributed by atoms with van der Waals surface area (Å²) in [6, 6.07) is 7.90. The van der Waals surface area contributed by atoms with Crippen LogP contribution >= 0.6 is 0 Å². The second-order valence-electron chi connectivity index (χ2n) is 5.85. The molecule has 1 heterocycles. The van der Waals surface area contributed by atoms with Crippen LogP contribution in [0.1, 0.15) is 27.2 Å². The summed E-state index contributed by atoms with van der Waals surface area (Å²) in [5.41, 5.74) is 0.465. The molecule has 0 saturated heterocycles. The van der Waals surface area contributed by atoms with Crippen molar-refractivity contribution in [3.8, 4) is 5.75 Å². The van der Waals surface area contributed by atoms with E-state index in [0.29, 0.717) is 12.2 Å². The Morgan fingerprint density at radius 2 is 1.85 bits per heavy atom. The summed E-state index contributed by atoms with van der Waals surface area (Å²) in [6.07, 6.45) is -0.356. The van der Waals surface area contributed by atoms with Gasteiger partial charge in [0.25, 0.3) is 0 Å². The van der Waals surface area contributed by atoms with E-state index in [-0.39, 0.29) is 24.5 Å². The SMILES string of the molecule is CCOC(=O)C1=C(COC(=O)[C@H](C)Oc2ccccc2)NC(=O)N[C@H]1CC. The molecule has 1 aromatic rings. The fourth-order valence-electron chi connectivity index (χ4n) is 2.59. The van der Waals surface area contributed by atoms with Gasteiger partial charge >= 0.3 is 18.0 Å². The number of rotatable bonds is 8. The highest BCUT2D eigenvalue weighted by Crippen LogP contribution is 2.18. The fourth-order valence-corrected chi connectivity index (χ4v) is 2.59. The van der Waals surface area contributed by atoms with E-state index >= 15 is 0 Å². The van der Waals surface area contributed by atoms with Gasteiger partial charge in [-0.3, -0.25) is 0 Å². The molecular formula is C19H24N2O6. The number of nitrogens with one attached hydrogen (secondary N) is 2. The lowest BCUT2D eigenvalue weighted by Gasteiger charge is -2.28. The maximum absolute atomic E-state index is 12.3.